The van der Waals surface area contributed by atoms with Gasteiger partial charge >= 0.3 is 0 Å². The van der Waals surface area contributed by atoms with Crippen LogP contribution >= 0.6 is 11.3 Å². The Kier molecular flexibility index (Phi) is 3.66. The Labute approximate surface area is 129 Å². The molecule has 0 fully saturated rings. The lowest BCUT2D eigenvalue weighted by Crippen LogP contribution is -2.26. The molecule has 3 rings (SSSR count). The molecule has 21 heavy (non-hydrogen) atoms. The Balaban J connectivity index is 1.96. The fourth-order valence-electron chi connectivity index (χ4n) is 3.08. The zero-order valence-corrected chi connectivity index (χ0v) is 13.9. The van der Waals surface area contributed by atoms with Crippen LogP contribution in [0.25, 0.3) is 5.13 Å². The minimum atomic E-state index is -0.368. The van der Waals surface area contributed by atoms with Crippen molar-refractivity contribution in [3.8, 4) is 5.13 Å². The van der Waals surface area contributed by atoms with E-state index in [0.717, 1.165) is 35.0 Å². The van der Waals surface area contributed by atoms with Gasteiger partial charge in [-0.1, -0.05) is 39.0 Å². The molecule has 0 aromatic carbocycles. The standard InChI is InChI=1S/C16H23N3OS/c1-10(2)7-14-17-18-15(21-14)19-6-5-11-12(19)8-16(3,4)9-13(11)20/h5-6,10,13,20H,7-9H2,1-4H3. The van der Waals surface area contributed by atoms with Crippen molar-refractivity contribution in [2.45, 2.75) is 53.1 Å². The molecule has 0 spiro atoms. The monoisotopic (exact) mass is 305 g/mol. The highest BCUT2D eigenvalue weighted by Crippen LogP contribution is 2.42. The Morgan fingerprint density at radius 1 is 1.43 bits per heavy atom. The van der Waals surface area contributed by atoms with Crippen LogP contribution in [0, 0.1) is 11.3 Å². The maximum atomic E-state index is 10.3. The maximum Gasteiger partial charge on any atom is 0.216 e. The van der Waals surface area contributed by atoms with Crippen molar-refractivity contribution in [2.75, 3.05) is 0 Å². The van der Waals surface area contributed by atoms with Gasteiger partial charge in [-0.15, -0.1) is 10.2 Å². The number of aliphatic hydroxyl groups excluding tert-OH is 1. The molecule has 0 saturated heterocycles. The molecular formula is C16H23N3OS. The lowest BCUT2D eigenvalue weighted by Gasteiger charge is -2.33. The molecule has 0 amide bonds. The molecule has 1 atom stereocenters. The summed E-state index contributed by atoms with van der Waals surface area (Å²) < 4.78 is 2.11. The molecule has 2 heterocycles. The molecule has 1 aliphatic carbocycles. The highest BCUT2D eigenvalue weighted by Gasteiger charge is 2.33. The third-order valence-electron chi connectivity index (χ3n) is 4.02. The SMILES string of the molecule is CC(C)Cc1nnc(-n2ccc3c2CC(C)(C)CC3O)s1. The van der Waals surface area contributed by atoms with Crippen LogP contribution in [0.2, 0.25) is 0 Å². The van der Waals surface area contributed by atoms with Crippen molar-refractivity contribution in [3.63, 3.8) is 0 Å². The topological polar surface area (TPSA) is 50.9 Å². The number of fused-ring (bicyclic) bond motifs is 1. The van der Waals surface area contributed by atoms with Gasteiger partial charge in [0.25, 0.3) is 0 Å². The molecule has 114 valence electrons. The minimum Gasteiger partial charge on any atom is -0.388 e. The van der Waals surface area contributed by atoms with Crippen LogP contribution in [0.15, 0.2) is 12.3 Å². The van der Waals surface area contributed by atoms with Gasteiger partial charge in [-0.05, 0) is 30.2 Å². The Morgan fingerprint density at radius 3 is 2.90 bits per heavy atom. The number of nitrogens with zero attached hydrogens (tertiary/aromatic N) is 3. The second-order valence-corrected chi connectivity index (χ2v) is 8.27. The predicted octanol–water partition coefficient (Wildman–Crippen LogP) is 3.53. The number of rotatable bonds is 3. The summed E-state index contributed by atoms with van der Waals surface area (Å²) in [6.07, 6.45) is 4.40. The summed E-state index contributed by atoms with van der Waals surface area (Å²) in [7, 11) is 0. The van der Waals surface area contributed by atoms with Crippen molar-refractivity contribution in [1.82, 2.24) is 14.8 Å². The van der Waals surface area contributed by atoms with Gasteiger partial charge in [0.1, 0.15) is 5.01 Å². The zero-order chi connectivity index (χ0) is 15.2. The van der Waals surface area contributed by atoms with Gasteiger partial charge in [0, 0.05) is 23.9 Å². The predicted molar refractivity (Wildman–Crippen MR) is 84.8 cm³/mol. The quantitative estimate of drug-likeness (QED) is 0.943. The summed E-state index contributed by atoms with van der Waals surface area (Å²) in [5.74, 6) is 0.588. The van der Waals surface area contributed by atoms with E-state index in [4.69, 9.17) is 0 Å². The minimum absolute atomic E-state index is 0.119. The number of hydrogen-bond donors (Lipinski definition) is 1. The third-order valence-corrected chi connectivity index (χ3v) is 4.97. The van der Waals surface area contributed by atoms with Gasteiger partial charge in [-0.3, -0.25) is 4.57 Å². The Morgan fingerprint density at radius 2 is 2.19 bits per heavy atom. The molecule has 1 N–H and O–H groups in total. The molecule has 0 radical (unpaired) electrons. The zero-order valence-electron chi connectivity index (χ0n) is 13.1. The fourth-order valence-corrected chi connectivity index (χ4v) is 4.14. The van der Waals surface area contributed by atoms with Gasteiger partial charge in [0.15, 0.2) is 0 Å². The molecule has 4 nitrogen and oxygen atoms in total. The smallest absolute Gasteiger partial charge is 0.216 e. The van der Waals surface area contributed by atoms with Crippen LogP contribution in [0.4, 0.5) is 0 Å². The molecular weight excluding hydrogens is 282 g/mol. The highest BCUT2D eigenvalue weighted by molar-refractivity contribution is 7.13. The Bertz CT molecular complexity index is 642. The first-order valence-electron chi connectivity index (χ1n) is 7.57. The van der Waals surface area contributed by atoms with Crippen molar-refractivity contribution in [2.24, 2.45) is 11.3 Å². The largest absolute Gasteiger partial charge is 0.388 e. The third kappa shape index (κ3) is 2.90. The fraction of sp³-hybridized carbons (Fsp3) is 0.625. The van der Waals surface area contributed by atoms with Crippen LogP contribution in [0.1, 0.15) is 56.5 Å². The lowest BCUT2D eigenvalue weighted by molar-refractivity contribution is 0.0987. The van der Waals surface area contributed by atoms with E-state index in [9.17, 15) is 5.11 Å². The van der Waals surface area contributed by atoms with E-state index >= 15 is 0 Å². The maximum absolute atomic E-state index is 10.3. The van der Waals surface area contributed by atoms with Crippen molar-refractivity contribution in [1.29, 1.82) is 0 Å². The normalized spacial score (nSPS) is 20.8. The van der Waals surface area contributed by atoms with E-state index in [1.165, 1.54) is 5.69 Å². The van der Waals surface area contributed by atoms with Crippen LogP contribution in [0.5, 0.6) is 0 Å². The van der Waals surface area contributed by atoms with E-state index in [2.05, 4.69) is 42.5 Å². The van der Waals surface area contributed by atoms with E-state index in [0.29, 0.717) is 5.92 Å². The first kappa shape index (κ1) is 14.7. The summed E-state index contributed by atoms with van der Waals surface area (Å²) >= 11 is 1.65. The second-order valence-electron chi connectivity index (χ2n) is 7.23. The Hall–Kier alpha value is -1.20. The van der Waals surface area contributed by atoms with Crippen LogP contribution in [0.3, 0.4) is 0 Å². The van der Waals surface area contributed by atoms with Crippen LogP contribution in [-0.2, 0) is 12.8 Å². The number of aliphatic hydroxyl groups is 1. The first-order chi connectivity index (χ1) is 9.85. The molecule has 2 aromatic rings. The van der Waals surface area contributed by atoms with E-state index < -0.39 is 0 Å². The second kappa shape index (κ2) is 5.21. The summed E-state index contributed by atoms with van der Waals surface area (Å²) in [4.78, 5) is 0. The van der Waals surface area contributed by atoms with E-state index in [-0.39, 0.29) is 11.5 Å². The lowest BCUT2D eigenvalue weighted by atomic mass is 9.75. The first-order valence-corrected chi connectivity index (χ1v) is 8.38. The summed E-state index contributed by atoms with van der Waals surface area (Å²) in [5.41, 5.74) is 2.36. The molecule has 0 bridgehead atoms. The van der Waals surface area contributed by atoms with Gasteiger partial charge < -0.3 is 5.11 Å². The van der Waals surface area contributed by atoms with E-state index in [1.54, 1.807) is 11.3 Å². The van der Waals surface area contributed by atoms with Crippen molar-refractivity contribution < 1.29 is 5.11 Å². The average Bonchev–Trinajstić information content (AvgIpc) is 2.93. The summed E-state index contributed by atoms with van der Waals surface area (Å²) in [6, 6.07) is 2.03. The van der Waals surface area contributed by atoms with Crippen LogP contribution < -0.4 is 0 Å². The van der Waals surface area contributed by atoms with Crippen molar-refractivity contribution >= 4 is 11.3 Å². The van der Waals surface area contributed by atoms with Gasteiger partial charge in [-0.25, -0.2) is 0 Å². The van der Waals surface area contributed by atoms with Gasteiger partial charge in [0.05, 0.1) is 6.10 Å². The molecule has 1 unspecified atom stereocenters. The number of aromatic nitrogens is 3. The molecule has 1 aliphatic rings. The van der Waals surface area contributed by atoms with Gasteiger partial charge in [0.2, 0.25) is 5.13 Å². The van der Waals surface area contributed by atoms with E-state index in [1.807, 2.05) is 12.3 Å². The van der Waals surface area contributed by atoms with Gasteiger partial charge in [-0.2, -0.15) is 0 Å². The molecule has 5 heteroatoms. The average molecular weight is 305 g/mol. The highest BCUT2D eigenvalue weighted by atomic mass is 32.1. The van der Waals surface area contributed by atoms with Crippen molar-refractivity contribution in [3.05, 3.63) is 28.5 Å². The summed E-state index contributed by atoms with van der Waals surface area (Å²) in [6.45, 7) is 8.80. The van der Waals surface area contributed by atoms with Crippen LogP contribution in [-0.4, -0.2) is 19.9 Å². The molecule has 2 aromatic heterocycles. The molecule has 0 saturated carbocycles. The molecule has 0 aliphatic heterocycles. The number of hydrogen-bond acceptors (Lipinski definition) is 4. The summed E-state index contributed by atoms with van der Waals surface area (Å²) in [5, 5.41) is 21.0.